The highest BCUT2D eigenvalue weighted by Crippen LogP contribution is 2.27. The van der Waals surface area contributed by atoms with Gasteiger partial charge in [-0.05, 0) is 48.7 Å². The Bertz CT molecular complexity index is 1560. The number of nitrogens with zero attached hydrogens (tertiary/aromatic N) is 3. The van der Waals surface area contributed by atoms with Crippen LogP contribution in [0.4, 0.5) is 0 Å². The fraction of sp³-hybridized carbons (Fsp3) is 0.250. The molecule has 2 N–H and O–H groups in total. The zero-order valence-electron chi connectivity index (χ0n) is 21.0. The van der Waals surface area contributed by atoms with E-state index in [1.54, 1.807) is 26.6 Å². The van der Waals surface area contributed by atoms with Gasteiger partial charge in [0.05, 0.1) is 18.4 Å². The van der Waals surface area contributed by atoms with Gasteiger partial charge in [0.2, 0.25) is 0 Å². The van der Waals surface area contributed by atoms with Crippen molar-refractivity contribution < 1.29 is 14.2 Å². The van der Waals surface area contributed by atoms with Crippen molar-refractivity contribution in [3.63, 3.8) is 0 Å². The molecule has 0 fully saturated rings. The number of pyridine rings is 1. The fourth-order valence-electron chi connectivity index (χ4n) is 4.28. The predicted molar refractivity (Wildman–Crippen MR) is 143 cm³/mol. The molecule has 9 heteroatoms. The summed E-state index contributed by atoms with van der Waals surface area (Å²) in [6.07, 6.45) is 3.39. The first-order valence-electron chi connectivity index (χ1n) is 12.0. The standard InChI is InChI=1S/C28H29N5O4/c1-18(35-2)33(17-19-15-29-28(36-3)30-16-19)10-11-37-22-8-9-25-21(12-22)14-26(31-25)23-13-20-6-4-5-7-24(20)32-27(23)34/h4-9,12-16,18,31H,10-11,17H2,1-3H3,(H,32,34). The summed E-state index contributed by atoms with van der Waals surface area (Å²) in [7, 11) is 3.22. The van der Waals surface area contributed by atoms with E-state index in [2.05, 4.69) is 24.8 Å². The summed E-state index contributed by atoms with van der Waals surface area (Å²) in [5.74, 6) is 0.753. The third-order valence-electron chi connectivity index (χ3n) is 6.39. The van der Waals surface area contributed by atoms with Gasteiger partial charge in [-0.15, -0.1) is 0 Å². The lowest BCUT2D eigenvalue weighted by molar-refractivity contribution is -0.0293. The SMILES string of the molecule is COc1ncc(CN(CCOc2ccc3[nH]c(-c4cc5ccccc5[nH]c4=O)cc3c2)C(C)OC)cn1. The van der Waals surface area contributed by atoms with E-state index in [9.17, 15) is 4.79 Å². The van der Waals surface area contributed by atoms with Gasteiger partial charge in [-0.3, -0.25) is 9.69 Å². The molecule has 1 unspecified atom stereocenters. The van der Waals surface area contributed by atoms with Gasteiger partial charge >= 0.3 is 6.01 Å². The summed E-state index contributed by atoms with van der Waals surface area (Å²) < 4.78 is 16.7. The number of methoxy groups -OCH3 is 2. The van der Waals surface area contributed by atoms with Gasteiger partial charge in [-0.25, -0.2) is 9.97 Å². The van der Waals surface area contributed by atoms with E-state index < -0.39 is 0 Å². The molecular weight excluding hydrogens is 470 g/mol. The Balaban J connectivity index is 1.28. The monoisotopic (exact) mass is 499 g/mol. The summed E-state index contributed by atoms with van der Waals surface area (Å²) in [5, 5.41) is 1.95. The molecule has 1 atom stereocenters. The smallest absolute Gasteiger partial charge is 0.316 e. The lowest BCUT2D eigenvalue weighted by Gasteiger charge is -2.27. The molecule has 0 aliphatic carbocycles. The van der Waals surface area contributed by atoms with Crippen LogP contribution in [0.15, 0.2) is 71.8 Å². The van der Waals surface area contributed by atoms with Crippen molar-refractivity contribution in [1.82, 2.24) is 24.8 Å². The minimum atomic E-state index is -0.128. The second-order valence-corrected chi connectivity index (χ2v) is 8.76. The Morgan fingerprint density at radius 1 is 0.946 bits per heavy atom. The number of benzene rings is 2. The van der Waals surface area contributed by atoms with Gasteiger partial charge in [0.25, 0.3) is 5.56 Å². The summed E-state index contributed by atoms with van der Waals surface area (Å²) in [6.45, 7) is 3.72. The van der Waals surface area contributed by atoms with E-state index in [1.807, 2.05) is 61.5 Å². The normalized spacial score (nSPS) is 12.3. The maximum atomic E-state index is 12.7. The number of rotatable bonds is 10. The van der Waals surface area contributed by atoms with Crippen LogP contribution >= 0.6 is 0 Å². The largest absolute Gasteiger partial charge is 0.492 e. The molecular formula is C28H29N5O4. The molecule has 5 rings (SSSR count). The van der Waals surface area contributed by atoms with Crippen molar-refractivity contribution in [2.75, 3.05) is 27.4 Å². The Hall–Kier alpha value is -4.21. The van der Waals surface area contributed by atoms with Crippen LogP contribution in [0.1, 0.15) is 12.5 Å². The van der Waals surface area contributed by atoms with E-state index in [4.69, 9.17) is 14.2 Å². The summed E-state index contributed by atoms with van der Waals surface area (Å²) in [6, 6.07) is 17.8. The van der Waals surface area contributed by atoms with Gasteiger partial charge < -0.3 is 24.2 Å². The van der Waals surface area contributed by atoms with E-state index in [0.29, 0.717) is 31.3 Å². The van der Waals surface area contributed by atoms with E-state index in [-0.39, 0.29) is 11.8 Å². The third kappa shape index (κ3) is 5.47. The predicted octanol–water partition coefficient (Wildman–Crippen LogP) is 4.35. The first-order valence-corrected chi connectivity index (χ1v) is 12.0. The van der Waals surface area contributed by atoms with Crippen molar-refractivity contribution in [1.29, 1.82) is 0 Å². The van der Waals surface area contributed by atoms with Crippen LogP contribution in [0.5, 0.6) is 11.8 Å². The number of aromatic nitrogens is 4. The van der Waals surface area contributed by atoms with Gasteiger partial charge in [0.1, 0.15) is 18.6 Å². The van der Waals surface area contributed by atoms with E-state index in [0.717, 1.165) is 38.8 Å². The maximum Gasteiger partial charge on any atom is 0.316 e. The average Bonchev–Trinajstić information content (AvgIpc) is 3.35. The molecule has 0 radical (unpaired) electrons. The molecule has 9 nitrogen and oxygen atoms in total. The van der Waals surface area contributed by atoms with Crippen molar-refractivity contribution in [2.24, 2.45) is 0 Å². The van der Waals surface area contributed by atoms with E-state index >= 15 is 0 Å². The van der Waals surface area contributed by atoms with Crippen molar-refractivity contribution in [3.05, 3.63) is 82.9 Å². The first kappa shape index (κ1) is 24.5. The number of H-pyrrole nitrogens is 2. The topological polar surface area (TPSA) is 105 Å². The van der Waals surface area contributed by atoms with Crippen LogP contribution in [0.25, 0.3) is 33.1 Å². The van der Waals surface area contributed by atoms with Crippen LogP contribution < -0.4 is 15.0 Å². The molecule has 190 valence electrons. The van der Waals surface area contributed by atoms with Gasteiger partial charge in [0.15, 0.2) is 0 Å². The van der Waals surface area contributed by atoms with E-state index in [1.165, 1.54) is 0 Å². The summed E-state index contributed by atoms with van der Waals surface area (Å²) >= 11 is 0. The van der Waals surface area contributed by atoms with Crippen molar-refractivity contribution in [2.45, 2.75) is 19.7 Å². The third-order valence-corrected chi connectivity index (χ3v) is 6.39. The Morgan fingerprint density at radius 3 is 2.51 bits per heavy atom. The van der Waals surface area contributed by atoms with Gasteiger partial charge in [-0.2, -0.15) is 0 Å². The highest BCUT2D eigenvalue weighted by atomic mass is 16.5. The molecule has 0 aliphatic rings. The molecule has 0 spiro atoms. The quantitative estimate of drug-likeness (QED) is 0.275. The number of ether oxygens (including phenoxy) is 3. The molecule has 0 bridgehead atoms. The second-order valence-electron chi connectivity index (χ2n) is 8.76. The Kier molecular flexibility index (Phi) is 7.16. The average molecular weight is 500 g/mol. The lowest BCUT2D eigenvalue weighted by atomic mass is 10.1. The molecule has 37 heavy (non-hydrogen) atoms. The number of para-hydroxylation sites is 1. The Morgan fingerprint density at radius 2 is 1.73 bits per heavy atom. The number of hydrogen-bond donors (Lipinski definition) is 2. The van der Waals surface area contributed by atoms with Gasteiger partial charge in [-0.1, -0.05) is 18.2 Å². The minimum Gasteiger partial charge on any atom is -0.492 e. The second kappa shape index (κ2) is 10.8. The Labute approximate surface area is 214 Å². The zero-order valence-corrected chi connectivity index (χ0v) is 21.0. The van der Waals surface area contributed by atoms with Gasteiger partial charge in [0, 0.05) is 54.6 Å². The summed E-state index contributed by atoms with van der Waals surface area (Å²) in [5.41, 5.74) is 3.94. The molecule has 3 aromatic heterocycles. The molecule has 5 aromatic rings. The zero-order chi connectivity index (χ0) is 25.8. The number of aromatic amines is 2. The molecule has 0 amide bonds. The minimum absolute atomic E-state index is 0.111. The van der Waals surface area contributed by atoms with Crippen LogP contribution in [0.2, 0.25) is 0 Å². The van der Waals surface area contributed by atoms with Crippen LogP contribution in [-0.4, -0.2) is 58.4 Å². The highest BCUT2D eigenvalue weighted by molar-refractivity contribution is 5.89. The molecule has 2 aromatic carbocycles. The van der Waals surface area contributed by atoms with Crippen LogP contribution in [0.3, 0.4) is 0 Å². The maximum absolute atomic E-state index is 12.7. The fourth-order valence-corrected chi connectivity index (χ4v) is 4.28. The van der Waals surface area contributed by atoms with Crippen molar-refractivity contribution in [3.8, 4) is 23.0 Å². The van der Waals surface area contributed by atoms with Crippen LogP contribution in [-0.2, 0) is 11.3 Å². The first-order chi connectivity index (χ1) is 18.0. The lowest BCUT2D eigenvalue weighted by Crippen LogP contribution is -2.37. The molecule has 3 heterocycles. The number of hydrogen-bond acceptors (Lipinski definition) is 7. The van der Waals surface area contributed by atoms with Crippen molar-refractivity contribution >= 4 is 21.8 Å². The summed E-state index contributed by atoms with van der Waals surface area (Å²) in [4.78, 5) is 29.5. The molecule has 0 saturated carbocycles. The number of nitrogens with one attached hydrogen (secondary N) is 2. The number of fused-ring (bicyclic) bond motifs is 2. The molecule has 0 saturated heterocycles. The van der Waals surface area contributed by atoms with Crippen LogP contribution in [0, 0.1) is 0 Å². The highest BCUT2D eigenvalue weighted by Gasteiger charge is 2.15. The molecule has 0 aliphatic heterocycles.